The fourth-order valence-corrected chi connectivity index (χ4v) is 7.08. The third-order valence-electron chi connectivity index (χ3n) is 9.46. The van der Waals surface area contributed by atoms with Gasteiger partial charge in [-0.05, 0) is 48.7 Å². The quantitative estimate of drug-likeness (QED) is 0.201. The van der Waals surface area contributed by atoms with Crippen LogP contribution in [-0.2, 0) is 16.0 Å². The number of H-pyrrole nitrogens is 1. The molecule has 3 N–H and O–H groups in total. The Bertz CT molecular complexity index is 2130. The average Bonchev–Trinajstić information content (AvgIpc) is 3.49. The number of fused-ring (bicyclic) bond motifs is 3. The number of benzene rings is 2. The Morgan fingerprint density at radius 2 is 1.78 bits per heavy atom. The van der Waals surface area contributed by atoms with Crippen LogP contribution in [0.4, 0.5) is 16.2 Å². The fraction of sp³-hybridized carbons (Fsp3) is 0.306. The first-order valence-electron chi connectivity index (χ1n) is 16.2. The van der Waals surface area contributed by atoms with Crippen molar-refractivity contribution in [1.29, 1.82) is 0 Å². The zero-order valence-electron chi connectivity index (χ0n) is 26.7. The van der Waals surface area contributed by atoms with E-state index in [0.29, 0.717) is 63.2 Å². The second-order valence-electron chi connectivity index (χ2n) is 12.3. The van der Waals surface area contributed by atoms with Gasteiger partial charge in [-0.2, -0.15) is 0 Å². The highest BCUT2D eigenvalue weighted by atomic mass is 35.5. The van der Waals surface area contributed by atoms with E-state index in [4.69, 9.17) is 28.5 Å². The predicted molar refractivity (Wildman–Crippen MR) is 189 cm³/mol. The smallest absolute Gasteiger partial charge is 0.410 e. The van der Waals surface area contributed by atoms with Gasteiger partial charge in [0.05, 0.1) is 33.5 Å². The van der Waals surface area contributed by atoms with Crippen LogP contribution < -0.4 is 16.3 Å². The van der Waals surface area contributed by atoms with Gasteiger partial charge in [-0.25, -0.2) is 9.59 Å². The van der Waals surface area contributed by atoms with E-state index in [1.165, 1.54) is 0 Å². The molecule has 2 aliphatic rings. The number of nitrogens with zero attached hydrogens (tertiary/aromatic N) is 6. The molecule has 2 fully saturated rings. The van der Waals surface area contributed by atoms with E-state index in [1.54, 1.807) is 45.1 Å². The number of hydrogen-bond acceptors (Lipinski definition) is 8. The number of imidazole rings is 1. The lowest BCUT2D eigenvalue weighted by atomic mass is 10.0. The van der Waals surface area contributed by atoms with Crippen molar-refractivity contribution in [2.75, 3.05) is 49.9 Å². The van der Waals surface area contributed by atoms with Gasteiger partial charge in [-0.1, -0.05) is 35.7 Å². The summed E-state index contributed by atoms with van der Waals surface area (Å²) >= 11 is 6.37. The topological polar surface area (TPSA) is 143 Å². The number of piperazine rings is 1. The first-order chi connectivity index (χ1) is 23.8. The number of aromatic nitrogens is 4. The van der Waals surface area contributed by atoms with Crippen LogP contribution >= 0.6 is 11.6 Å². The van der Waals surface area contributed by atoms with Crippen molar-refractivity contribution in [3.8, 4) is 12.3 Å². The van der Waals surface area contributed by atoms with Gasteiger partial charge in [0.15, 0.2) is 6.10 Å². The maximum Gasteiger partial charge on any atom is 0.410 e. The molecule has 2 amide bonds. The van der Waals surface area contributed by atoms with Crippen molar-refractivity contribution in [3.63, 3.8) is 0 Å². The standard InChI is InChI=1S/C36H35ClN8O4/c1-2-24-19-23(20-28(37)32(24)38)21-31(34(46)43-17-15-42(16-18-43)25-7-11-39-12-8-25)49-36(48)44-13-9-26(10-14-44)45-30-22-40-29-6-4-3-5-27(29)33(30)41-35(45)47/h1,3-8,11-12,19-20,22,26,31H,9-10,13-18,21,38H2,(H,41,47)/t31-/m1/s1. The van der Waals surface area contributed by atoms with E-state index < -0.39 is 12.2 Å². The Morgan fingerprint density at radius 1 is 1.04 bits per heavy atom. The number of nitrogens with one attached hydrogen (secondary N) is 1. The number of amides is 2. The molecular weight excluding hydrogens is 644 g/mol. The van der Waals surface area contributed by atoms with E-state index >= 15 is 0 Å². The predicted octanol–water partition coefficient (Wildman–Crippen LogP) is 4.22. The number of likely N-dealkylation sites (tertiary alicyclic amines) is 1. The Kier molecular flexibility index (Phi) is 8.84. The van der Waals surface area contributed by atoms with E-state index in [9.17, 15) is 14.4 Å². The summed E-state index contributed by atoms with van der Waals surface area (Å²) in [5.74, 6) is 2.24. The van der Waals surface area contributed by atoms with Crippen LogP contribution in [0.2, 0.25) is 5.02 Å². The lowest BCUT2D eigenvalue weighted by molar-refractivity contribution is -0.141. The van der Waals surface area contributed by atoms with Crippen molar-refractivity contribution < 1.29 is 14.3 Å². The Hall–Kier alpha value is -5.54. The first-order valence-corrected chi connectivity index (χ1v) is 16.6. The molecule has 13 heteroatoms. The largest absolute Gasteiger partial charge is 0.436 e. The van der Waals surface area contributed by atoms with Gasteiger partial charge in [-0.3, -0.25) is 19.3 Å². The number of hydrogen-bond donors (Lipinski definition) is 2. The third-order valence-corrected chi connectivity index (χ3v) is 9.77. The third kappa shape index (κ3) is 6.37. The number of pyridine rings is 2. The average molecular weight is 679 g/mol. The number of rotatable bonds is 6. The summed E-state index contributed by atoms with van der Waals surface area (Å²) in [5.41, 5.74) is 10.5. The van der Waals surface area contributed by atoms with Gasteiger partial charge >= 0.3 is 11.8 Å². The summed E-state index contributed by atoms with van der Waals surface area (Å²) in [5, 5.41) is 1.15. The van der Waals surface area contributed by atoms with Crippen molar-refractivity contribution in [2.45, 2.75) is 31.4 Å². The van der Waals surface area contributed by atoms with Crippen LogP contribution in [0.1, 0.15) is 30.0 Å². The Labute approximate surface area is 287 Å². The van der Waals surface area contributed by atoms with Crippen molar-refractivity contribution in [2.24, 2.45) is 0 Å². The summed E-state index contributed by atoms with van der Waals surface area (Å²) in [4.78, 5) is 57.9. The second-order valence-corrected chi connectivity index (χ2v) is 12.7. The summed E-state index contributed by atoms with van der Waals surface area (Å²) < 4.78 is 7.73. The molecule has 49 heavy (non-hydrogen) atoms. The molecule has 0 spiro atoms. The van der Waals surface area contributed by atoms with Crippen molar-refractivity contribution in [1.82, 2.24) is 29.3 Å². The van der Waals surface area contributed by atoms with Gasteiger partial charge in [-0.15, -0.1) is 6.42 Å². The van der Waals surface area contributed by atoms with Gasteiger partial charge in [0.25, 0.3) is 5.91 Å². The van der Waals surface area contributed by atoms with E-state index in [2.05, 4.69) is 25.8 Å². The zero-order valence-corrected chi connectivity index (χ0v) is 27.5. The molecule has 7 rings (SSSR count). The number of carbonyl (C=O) groups excluding carboxylic acids is 2. The van der Waals surface area contributed by atoms with Crippen LogP contribution in [0.25, 0.3) is 21.9 Å². The van der Waals surface area contributed by atoms with Crippen LogP contribution in [0, 0.1) is 12.3 Å². The normalized spacial score (nSPS) is 16.1. The van der Waals surface area contributed by atoms with Gasteiger partial charge in [0.2, 0.25) is 0 Å². The number of ether oxygens (including phenoxy) is 1. The summed E-state index contributed by atoms with van der Waals surface area (Å²) in [6, 6.07) is 14.8. The number of piperidine rings is 1. The molecule has 5 heterocycles. The van der Waals surface area contributed by atoms with Crippen LogP contribution in [0.3, 0.4) is 0 Å². The highest BCUT2D eigenvalue weighted by molar-refractivity contribution is 6.33. The number of para-hydroxylation sites is 1. The Balaban J connectivity index is 1.06. The molecule has 2 aliphatic heterocycles. The van der Waals surface area contributed by atoms with Crippen molar-refractivity contribution >= 4 is 56.9 Å². The molecular formula is C36H35ClN8O4. The lowest BCUT2D eigenvalue weighted by Gasteiger charge is -2.38. The molecule has 0 saturated carbocycles. The maximum absolute atomic E-state index is 14.0. The minimum atomic E-state index is -1.11. The molecule has 0 aliphatic carbocycles. The van der Waals surface area contributed by atoms with Crippen LogP contribution in [0.5, 0.6) is 0 Å². The van der Waals surface area contributed by atoms with Crippen molar-refractivity contribution in [3.05, 3.63) is 93.8 Å². The molecule has 1 atom stereocenters. The van der Waals surface area contributed by atoms with Gasteiger partial charge in [0, 0.05) is 80.8 Å². The molecule has 12 nitrogen and oxygen atoms in total. The highest BCUT2D eigenvalue weighted by Crippen LogP contribution is 2.29. The highest BCUT2D eigenvalue weighted by Gasteiger charge is 2.34. The van der Waals surface area contributed by atoms with E-state index in [0.717, 1.165) is 27.6 Å². The maximum atomic E-state index is 14.0. The summed E-state index contributed by atoms with van der Waals surface area (Å²) in [6.07, 6.45) is 10.3. The number of nitrogen functional groups attached to an aromatic ring is 1. The summed E-state index contributed by atoms with van der Waals surface area (Å²) in [7, 11) is 0. The molecule has 0 unspecified atom stereocenters. The Morgan fingerprint density at radius 3 is 2.51 bits per heavy atom. The number of carbonyl (C=O) groups is 2. The minimum absolute atomic E-state index is 0.0754. The SMILES string of the molecule is C#Cc1cc(C[C@@H](OC(=O)N2CCC(n3c(=O)[nH]c4c5ccccc5ncc43)CC2)C(=O)N2CCN(c3ccncc3)CC2)cc(Cl)c1N. The molecule has 0 radical (unpaired) electrons. The molecule has 2 aromatic carbocycles. The molecule has 250 valence electrons. The lowest BCUT2D eigenvalue weighted by Crippen LogP contribution is -2.53. The first kappa shape index (κ1) is 32.0. The fourth-order valence-electron chi connectivity index (χ4n) is 6.84. The van der Waals surface area contributed by atoms with Crippen LogP contribution in [0.15, 0.2) is 71.9 Å². The van der Waals surface area contributed by atoms with E-state index in [-0.39, 0.29) is 34.8 Å². The van der Waals surface area contributed by atoms with E-state index in [1.807, 2.05) is 36.4 Å². The summed E-state index contributed by atoms with van der Waals surface area (Å²) in [6.45, 7) is 2.87. The zero-order chi connectivity index (χ0) is 34.1. The molecule has 0 bridgehead atoms. The molecule has 2 saturated heterocycles. The molecule has 5 aromatic rings. The minimum Gasteiger partial charge on any atom is -0.436 e. The number of nitrogens with two attached hydrogens (primary N) is 1. The molecule has 3 aromatic heterocycles. The number of terminal acetylenes is 1. The monoisotopic (exact) mass is 678 g/mol. The van der Waals surface area contributed by atoms with Gasteiger partial charge in [0.1, 0.15) is 0 Å². The number of halogens is 1. The second kappa shape index (κ2) is 13.5. The van der Waals surface area contributed by atoms with Gasteiger partial charge < -0.3 is 30.2 Å². The number of anilines is 2. The van der Waals surface area contributed by atoms with Crippen LogP contribution in [-0.4, -0.2) is 86.7 Å². The number of aromatic amines is 1.